The van der Waals surface area contributed by atoms with E-state index in [4.69, 9.17) is 0 Å². The third kappa shape index (κ3) is 4.52. The Bertz CT molecular complexity index is 571. The molecule has 0 aromatic heterocycles. The summed E-state index contributed by atoms with van der Waals surface area (Å²) < 4.78 is 0. The zero-order chi connectivity index (χ0) is 20.5. The van der Waals surface area contributed by atoms with E-state index in [1.165, 1.54) is 25.7 Å². The van der Waals surface area contributed by atoms with Crippen LogP contribution in [-0.4, -0.2) is 121 Å². The molecule has 2 N–H and O–H groups in total. The van der Waals surface area contributed by atoms with Gasteiger partial charge in [-0.05, 0) is 38.5 Å². The summed E-state index contributed by atoms with van der Waals surface area (Å²) in [7, 11) is 0. The molecule has 4 saturated heterocycles. The van der Waals surface area contributed by atoms with E-state index >= 15 is 0 Å². The van der Waals surface area contributed by atoms with Crippen LogP contribution in [-0.2, 0) is 9.59 Å². The first-order valence-corrected chi connectivity index (χ1v) is 12.2. The van der Waals surface area contributed by atoms with Crippen molar-refractivity contribution in [1.82, 2.24) is 30.2 Å². The van der Waals surface area contributed by atoms with Gasteiger partial charge in [0.15, 0.2) is 0 Å². The molecule has 6 fully saturated rings. The summed E-state index contributed by atoms with van der Waals surface area (Å²) in [5.41, 5.74) is 0. The zero-order valence-corrected chi connectivity index (χ0v) is 18.2. The van der Waals surface area contributed by atoms with E-state index in [2.05, 4.69) is 30.2 Å². The van der Waals surface area contributed by atoms with Crippen molar-refractivity contribution in [3.05, 3.63) is 0 Å². The van der Waals surface area contributed by atoms with Crippen LogP contribution in [0.5, 0.6) is 0 Å². The van der Waals surface area contributed by atoms with Gasteiger partial charge in [0.05, 0.1) is 12.1 Å². The van der Waals surface area contributed by atoms with Gasteiger partial charge in [-0.15, -0.1) is 0 Å². The number of rotatable bonds is 4. The van der Waals surface area contributed by atoms with Crippen LogP contribution in [0.15, 0.2) is 0 Å². The van der Waals surface area contributed by atoms with Crippen LogP contribution in [0, 0.1) is 0 Å². The van der Waals surface area contributed by atoms with Gasteiger partial charge in [0, 0.05) is 77.5 Å². The summed E-state index contributed by atoms with van der Waals surface area (Å²) in [4.78, 5) is 33.3. The molecule has 0 aromatic carbocycles. The van der Waals surface area contributed by atoms with Gasteiger partial charge in [-0.1, -0.05) is 0 Å². The van der Waals surface area contributed by atoms with Crippen LogP contribution in [0.2, 0.25) is 0 Å². The molecular weight excluding hydrogens is 380 g/mol. The Kier molecular flexibility index (Phi) is 6.27. The molecular formula is C22H38N6O2. The summed E-state index contributed by atoms with van der Waals surface area (Å²) in [6.45, 7) is 10.3. The first kappa shape index (κ1) is 20.7. The average Bonchev–Trinajstić information content (AvgIpc) is 3.72. The maximum atomic E-state index is 12.2. The molecule has 2 atom stereocenters. The highest BCUT2D eigenvalue weighted by Gasteiger charge is 2.43. The highest BCUT2D eigenvalue weighted by molar-refractivity contribution is 5.85. The van der Waals surface area contributed by atoms with Crippen molar-refractivity contribution < 1.29 is 9.59 Å². The van der Waals surface area contributed by atoms with Gasteiger partial charge in [-0.25, -0.2) is 0 Å². The van der Waals surface area contributed by atoms with E-state index in [1.807, 2.05) is 0 Å². The topological polar surface area (TPSA) is 71.2 Å². The third-order valence-electron chi connectivity index (χ3n) is 7.58. The highest BCUT2D eigenvalue weighted by atomic mass is 16.2. The Labute approximate surface area is 180 Å². The molecule has 30 heavy (non-hydrogen) atoms. The van der Waals surface area contributed by atoms with Crippen LogP contribution in [0.4, 0.5) is 0 Å². The van der Waals surface area contributed by atoms with E-state index in [0.29, 0.717) is 23.9 Å². The van der Waals surface area contributed by atoms with Crippen LogP contribution in [0.1, 0.15) is 38.5 Å². The number of nitrogens with zero attached hydrogens (tertiary/aromatic N) is 4. The second-order valence-electron chi connectivity index (χ2n) is 9.71. The Morgan fingerprint density at radius 1 is 0.533 bits per heavy atom. The van der Waals surface area contributed by atoms with E-state index in [-0.39, 0.29) is 12.1 Å². The Morgan fingerprint density at radius 3 is 1.23 bits per heavy atom. The van der Waals surface area contributed by atoms with Gasteiger partial charge in [0.25, 0.3) is 0 Å². The Balaban J connectivity index is 0.000000128. The fourth-order valence-electron chi connectivity index (χ4n) is 5.54. The van der Waals surface area contributed by atoms with E-state index in [9.17, 15) is 9.59 Å². The quantitative estimate of drug-likeness (QED) is 0.630. The van der Waals surface area contributed by atoms with Crippen molar-refractivity contribution in [3.8, 4) is 0 Å². The van der Waals surface area contributed by atoms with Gasteiger partial charge < -0.3 is 20.4 Å². The number of hydrogen-bond acceptors (Lipinski definition) is 6. The summed E-state index contributed by atoms with van der Waals surface area (Å²) in [5, 5.41) is 6.67. The molecule has 6 rings (SSSR count). The van der Waals surface area contributed by atoms with Crippen molar-refractivity contribution in [3.63, 3.8) is 0 Å². The second kappa shape index (κ2) is 9.10. The van der Waals surface area contributed by atoms with Crippen LogP contribution >= 0.6 is 0 Å². The minimum Gasteiger partial charge on any atom is -0.338 e. The predicted octanol–water partition coefficient (Wildman–Crippen LogP) is -0.690. The van der Waals surface area contributed by atoms with Crippen molar-refractivity contribution in [1.29, 1.82) is 0 Å². The summed E-state index contributed by atoms with van der Waals surface area (Å²) in [6, 6.07) is 1.61. The minimum absolute atomic E-state index is 0.202. The van der Waals surface area contributed by atoms with Gasteiger partial charge in [0.1, 0.15) is 0 Å². The molecule has 4 aliphatic heterocycles. The molecule has 8 nitrogen and oxygen atoms in total. The monoisotopic (exact) mass is 418 g/mol. The SMILES string of the molecule is O=C1[C@@H](N2CCNCC2)CCN1C1CC1.O=C1[C@H](N2CCNCC2)CCN1C1CC1. The summed E-state index contributed by atoms with van der Waals surface area (Å²) in [5.74, 6) is 0.804. The lowest BCUT2D eigenvalue weighted by Gasteiger charge is -2.31. The molecule has 168 valence electrons. The maximum Gasteiger partial charge on any atom is 0.240 e. The van der Waals surface area contributed by atoms with E-state index < -0.39 is 0 Å². The molecule has 2 amide bonds. The number of likely N-dealkylation sites (tertiary alicyclic amines) is 2. The average molecular weight is 419 g/mol. The molecule has 0 aromatic rings. The van der Waals surface area contributed by atoms with Crippen molar-refractivity contribution >= 4 is 11.8 Å². The number of piperazine rings is 2. The highest BCUT2D eigenvalue weighted by Crippen LogP contribution is 2.33. The van der Waals surface area contributed by atoms with E-state index in [1.54, 1.807) is 0 Å². The normalized spacial score (nSPS) is 33.7. The van der Waals surface area contributed by atoms with Gasteiger partial charge in [-0.3, -0.25) is 19.4 Å². The van der Waals surface area contributed by atoms with E-state index in [0.717, 1.165) is 78.3 Å². The predicted molar refractivity (Wildman–Crippen MR) is 115 cm³/mol. The molecule has 0 unspecified atom stereocenters. The Morgan fingerprint density at radius 2 is 0.900 bits per heavy atom. The molecule has 0 radical (unpaired) electrons. The molecule has 2 saturated carbocycles. The molecule has 0 spiro atoms. The fourth-order valence-corrected chi connectivity index (χ4v) is 5.54. The molecule has 6 aliphatic rings. The van der Waals surface area contributed by atoms with Gasteiger partial charge in [-0.2, -0.15) is 0 Å². The summed E-state index contributed by atoms with van der Waals surface area (Å²) in [6.07, 6.45) is 7.05. The standard InChI is InChI=1S/2C11H19N3O/c2*15-11-10(13-7-4-12-5-8-13)3-6-14(11)9-1-2-9/h2*9-10,12H,1-8H2/t2*10-/m10/s1. The van der Waals surface area contributed by atoms with Crippen LogP contribution in [0.3, 0.4) is 0 Å². The number of nitrogens with one attached hydrogen (secondary N) is 2. The maximum absolute atomic E-state index is 12.2. The zero-order valence-electron chi connectivity index (χ0n) is 18.2. The number of amides is 2. The number of carbonyl (C=O) groups is 2. The lowest BCUT2D eigenvalue weighted by atomic mass is 10.2. The number of carbonyl (C=O) groups excluding carboxylic acids is 2. The van der Waals surface area contributed by atoms with Gasteiger partial charge in [0.2, 0.25) is 11.8 Å². The number of hydrogen-bond donors (Lipinski definition) is 2. The van der Waals surface area contributed by atoms with Crippen molar-refractivity contribution in [2.24, 2.45) is 0 Å². The first-order valence-electron chi connectivity index (χ1n) is 12.2. The van der Waals surface area contributed by atoms with Crippen LogP contribution < -0.4 is 10.6 Å². The van der Waals surface area contributed by atoms with Crippen LogP contribution in [0.25, 0.3) is 0 Å². The lowest BCUT2D eigenvalue weighted by Crippen LogP contribution is -2.51. The first-order chi connectivity index (χ1) is 14.7. The second-order valence-corrected chi connectivity index (χ2v) is 9.71. The lowest BCUT2D eigenvalue weighted by molar-refractivity contribution is -0.133. The minimum atomic E-state index is 0.202. The molecule has 8 heteroatoms. The third-order valence-corrected chi connectivity index (χ3v) is 7.58. The van der Waals surface area contributed by atoms with Crippen molar-refractivity contribution in [2.75, 3.05) is 65.4 Å². The van der Waals surface area contributed by atoms with Gasteiger partial charge >= 0.3 is 0 Å². The smallest absolute Gasteiger partial charge is 0.240 e. The largest absolute Gasteiger partial charge is 0.338 e. The Hall–Kier alpha value is -1.22. The summed E-state index contributed by atoms with van der Waals surface area (Å²) >= 11 is 0. The molecule has 0 bridgehead atoms. The van der Waals surface area contributed by atoms with Crippen molar-refractivity contribution in [2.45, 2.75) is 62.7 Å². The molecule has 2 aliphatic carbocycles. The fraction of sp³-hybridized carbons (Fsp3) is 0.909. The molecule has 4 heterocycles.